The zero-order valence-electron chi connectivity index (χ0n) is 34.2. The maximum absolute atomic E-state index is 6.53. The molecule has 293 valence electrons. The molecule has 0 spiro atoms. The second kappa shape index (κ2) is 16.2. The molecule has 59 heavy (non-hydrogen) atoms. The van der Waals surface area contributed by atoms with Crippen molar-refractivity contribution in [3.63, 3.8) is 0 Å². The van der Waals surface area contributed by atoms with Gasteiger partial charge in [0.15, 0.2) is 0 Å². The van der Waals surface area contributed by atoms with Crippen LogP contribution in [-0.4, -0.2) is 27.8 Å². The van der Waals surface area contributed by atoms with Crippen LogP contribution in [0.25, 0.3) is 83.2 Å². The predicted octanol–water partition coefficient (Wildman–Crippen LogP) is 13.6. The molecule has 0 aliphatic heterocycles. The summed E-state index contributed by atoms with van der Waals surface area (Å²) in [6.07, 6.45) is 2.04. The number of furan rings is 1. The van der Waals surface area contributed by atoms with E-state index in [1.807, 2.05) is 48.7 Å². The van der Waals surface area contributed by atoms with Gasteiger partial charge in [-0.05, 0) is 45.5 Å². The average Bonchev–Trinajstić information content (AvgIpc) is 3.81. The Morgan fingerprint density at radius 3 is 2.10 bits per heavy atom. The van der Waals surface area contributed by atoms with Crippen LogP contribution in [0.2, 0.25) is 17.3 Å². The topological polar surface area (TPSA) is 43.9 Å². The summed E-state index contributed by atoms with van der Waals surface area (Å²) in [6.45, 7) is 6.84. The number of hydrogen-bond donors (Lipinski definition) is 0. The molecular formula is C53H45GeIrN3O-2. The smallest absolute Gasteiger partial charge is 0 e. The third-order valence-electron chi connectivity index (χ3n) is 10.9. The molecule has 10 aromatic rings. The molecule has 0 saturated heterocycles. The summed E-state index contributed by atoms with van der Waals surface area (Å²) in [7, 11) is 0. The normalized spacial score (nSPS) is 11.8. The molecule has 0 aliphatic rings. The van der Waals surface area contributed by atoms with Gasteiger partial charge in [-0.1, -0.05) is 123 Å². The van der Waals surface area contributed by atoms with Crippen molar-refractivity contribution in [3.8, 4) is 39.5 Å². The maximum atomic E-state index is 6.53. The summed E-state index contributed by atoms with van der Waals surface area (Å²) in [6, 6.07) is 61.6. The Morgan fingerprint density at radius 1 is 0.661 bits per heavy atom. The predicted molar refractivity (Wildman–Crippen MR) is 246 cm³/mol. The fraction of sp³-hybridized carbons (Fsp3) is 0.132. The molecule has 3 aromatic heterocycles. The summed E-state index contributed by atoms with van der Waals surface area (Å²) in [5, 5.41) is 4.50. The third kappa shape index (κ3) is 7.83. The van der Waals surface area contributed by atoms with E-state index in [0.29, 0.717) is 0 Å². The van der Waals surface area contributed by atoms with Gasteiger partial charge in [0.1, 0.15) is 5.58 Å². The summed E-state index contributed by atoms with van der Waals surface area (Å²) < 4.78 is 10.3. The average molecular weight is 1000 g/mol. The van der Waals surface area contributed by atoms with E-state index in [0.717, 1.165) is 72.4 Å². The zero-order valence-corrected chi connectivity index (χ0v) is 38.7. The minimum atomic E-state index is -1.72. The van der Waals surface area contributed by atoms with Gasteiger partial charge < -0.3 is 8.98 Å². The molecule has 10 rings (SSSR count). The molecule has 0 amide bonds. The molecule has 1 radical (unpaired) electrons. The van der Waals surface area contributed by atoms with Gasteiger partial charge in [0.25, 0.3) is 0 Å². The molecule has 0 atom stereocenters. The maximum Gasteiger partial charge on any atom is 0 e. The van der Waals surface area contributed by atoms with E-state index in [-0.39, 0.29) is 25.5 Å². The van der Waals surface area contributed by atoms with Crippen molar-refractivity contribution in [2.75, 3.05) is 0 Å². The fourth-order valence-corrected chi connectivity index (χ4v) is 9.98. The number of nitrogens with zero attached hydrogens (tertiary/aromatic N) is 3. The monoisotopic (exact) mass is 1010 g/mol. The number of rotatable bonds is 5. The zero-order chi connectivity index (χ0) is 40.0. The molecule has 0 bridgehead atoms. The van der Waals surface area contributed by atoms with E-state index in [1.54, 1.807) is 0 Å². The van der Waals surface area contributed by atoms with Crippen LogP contribution < -0.4 is 4.40 Å². The van der Waals surface area contributed by atoms with Crippen LogP contribution in [0, 0.1) is 12.1 Å². The summed E-state index contributed by atoms with van der Waals surface area (Å²) >= 11 is -1.72. The first-order valence-electron chi connectivity index (χ1n) is 19.9. The van der Waals surface area contributed by atoms with Crippen molar-refractivity contribution >= 4 is 61.4 Å². The van der Waals surface area contributed by atoms with Crippen molar-refractivity contribution in [2.45, 2.75) is 43.5 Å². The Kier molecular flexibility index (Phi) is 11.1. The van der Waals surface area contributed by atoms with Crippen LogP contribution in [0.1, 0.15) is 26.3 Å². The van der Waals surface area contributed by atoms with Crippen LogP contribution in [0.4, 0.5) is 0 Å². The molecule has 6 heteroatoms. The second-order valence-corrected chi connectivity index (χ2v) is 27.6. The van der Waals surface area contributed by atoms with Crippen molar-refractivity contribution in [1.82, 2.24) is 14.5 Å². The van der Waals surface area contributed by atoms with Crippen LogP contribution >= 0.6 is 0 Å². The number of pyridine rings is 1. The standard InChI is InChI=1S/C39H29N2O.C14H16GeN.Ir/c1-39(2,3)32-21-12-18-28(25-13-5-4-6-14-25)36(32)41-34-24-27-16-8-7-15-26(27)23-33(34)40-38(41)31-20-11-19-30-29-17-9-10-22-35(29)42-37(30)31;1-15(2,3)13-9-10-14(16-11-13)12-7-5-4-6-8-12;/h4-19,21-24H,1-3H3;4-7,9-11H,1-3H3;/q2*-1;. The minimum Gasteiger partial charge on any atom is 0 e. The molecule has 0 unspecified atom stereocenters. The Labute approximate surface area is 362 Å². The summed E-state index contributed by atoms with van der Waals surface area (Å²) in [5.41, 5.74) is 11.2. The quantitative estimate of drug-likeness (QED) is 0.127. The first-order valence-corrected chi connectivity index (χ1v) is 27.3. The third-order valence-corrected chi connectivity index (χ3v) is 15.1. The molecule has 4 nitrogen and oxygen atoms in total. The number of imidazole rings is 1. The van der Waals surface area contributed by atoms with Gasteiger partial charge in [0, 0.05) is 31.1 Å². The molecule has 0 saturated carbocycles. The van der Waals surface area contributed by atoms with Crippen LogP contribution in [0.3, 0.4) is 0 Å². The van der Waals surface area contributed by atoms with Crippen LogP contribution in [0.15, 0.2) is 168 Å². The first kappa shape index (κ1) is 40.2. The molecule has 7 aromatic carbocycles. The number of fused-ring (bicyclic) bond motifs is 5. The number of hydrogen-bond acceptors (Lipinski definition) is 3. The van der Waals surface area contributed by atoms with E-state index in [1.165, 1.54) is 20.7 Å². The van der Waals surface area contributed by atoms with E-state index in [4.69, 9.17) is 9.40 Å². The van der Waals surface area contributed by atoms with Crippen LogP contribution in [0.5, 0.6) is 0 Å². The van der Waals surface area contributed by atoms with Gasteiger partial charge in [-0.3, -0.25) is 4.98 Å². The number of para-hydroxylation sites is 2. The summed E-state index contributed by atoms with van der Waals surface area (Å²) in [5.74, 6) is 7.96. The van der Waals surface area contributed by atoms with Crippen molar-refractivity contribution in [3.05, 3.63) is 182 Å². The van der Waals surface area contributed by atoms with Gasteiger partial charge in [-0.2, -0.15) is 0 Å². The Morgan fingerprint density at radius 2 is 1.39 bits per heavy atom. The molecule has 0 aliphatic carbocycles. The van der Waals surface area contributed by atoms with Gasteiger partial charge >= 0.3 is 99.8 Å². The Balaban J connectivity index is 0.000000240. The minimum absolute atomic E-state index is 0. The van der Waals surface area contributed by atoms with E-state index >= 15 is 0 Å². The van der Waals surface area contributed by atoms with E-state index in [2.05, 4.69) is 175 Å². The Hall–Kier alpha value is -5.59. The Bertz CT molecular complexity index is 3070. The van der Waals surface area contributed by atoms with Crippen LogP contribution in [-0.2, 0) is 25.5 Å². The second-order valence-electron chi connectivity index (χ2n) is 16.9. The van der Waals surface area contributed by atoms with E-state index in [9.17, 15) is 0 Å². The number of aromatic nitrogens is 3. The molecule has 0 N–H and O–H groups in total. The summed E-state index contributed by atoms with van der Waals surface area (Å²) in [4.78, 5) is 9.89. The van der Waals surface area contributed by atoms with Gasteiger partial charge in [0.2, 0.25) is 0 Å². The molecule has 3 heterocycles. The van der Waals surface area contributed by atoms with Gasteiger partial charge in [0.05, 0.1) is 28.1 Å². The van der Waals surface area contributed by atoms with Gasteiger partial charge in [-0.15, -0.1) is 18.2 Å². The first-order chi connectivity index (χ1) is 28.0. The molecule has 0 fully saturated rings. The largest absolute Gasteiger partial charge is 0 e. The molecular weight excluding hydrogens is 959 g/mol. The van der Waals surface area contributed by atoms with Crippen molar-refractivity contribution < 1.29 is 24.5 Å². The van der Waals surface area contributed by atoms with E-state index < -0.39 is 13.3 Å². The van der Waals surface area contributed by atoms with Crippen molar-refractivity contribution in [1.29, 1.82) is 0 Å². The number of benzene rings is 7. The SMILES string of the molecule is CC(C)(C)c1cccc(-c2ccccc2)c1-n1c(-c2[c-]ccc3c2oc2ccccc23)nc2cc3ccccc3cc21.[CH3][Ge]([CH3])([CH3])[c]1ccc(-c2[c-]cccc2)nc1.[Ir]. The van der Waals surface area contributed by atoms with Crippen molar-refractivity contribution in [2.24, 2.45) is 0 Å². The fourth-order valence-electron chi connectivity index (χ4n) is 7.80. The van der Waals surface area contributed by atoms with Gasteiger partial charge in [-0.25, -0.2) is 0 Å².